The lowest BCUT2D eigenvalue weighted by Gasteiger charge is -2.13. The highest BCUT2D eigenvalue weighted by atomic mass is 32.1. The summed E-state index contributed by atoms with van der Waals surface area (Å²) in [7, 11) is 0. The van der Waals surface area contributed by atoms with E-state index >= 15 is 0 Å². The molecule has 0 spiro atoms. The topological polar surface area (TPSA) is 34.1 Å². The van der Waals surface area contributed by atoms with Gasteiger partial charge in [0.15, 0.2) is 0 Å². The van der Waals surface area contributed by atoms with Crippen molar-refractivity contribution in [3.63, 3.8) is 0 Å². The van der Waals surface area contributed by atoms with E-state index in [-0.39, 0.29) is 0 Å². The lowest BCUT2D eigenvalue weighted by atomic mass is 10.1. The van der Waals surface area contributed by atoms with Gasteiger partial charge in [-0.25, -0.2) is 4.98 Å². The number of aromatic nitrogens is 1. The second kappa shape index (κ2) is 6.16. The van der Waals surface area contributed by atoms with Crippen molar-refractivity contribution in [3.8, 4) is 5.75 Å². The van der Waals surface area contributed by atoms with Gasteiger partial charge in [-0.2, -0.15) is 0 Å². The molecule has 0 amide bonds. The van der Waals surface area contributed by atoms with Crippen molar-refractivity contribution in [2.75, 3.05) is 6.54 Å². The Labute approximate surface area is 130 Å². The van der Waals surface area contributed by atoms with E-state index < -0.39 is 0 Å². The van der Waals surface area contributed by atoms with Crippen LogP contribution in [0.5, 0.6) is 5.75 Å². The summed E-state index contributed by atoms with van der Waals surface area (Å²) in [6.45, 7) is 7.90. The monoisotopic (exact) mass is 302 g/mol. The minimum absolute atomic E-state index is 0.484. The van der Waals surface area contributed by atoms with Gasteiger partial charge in [0, 0.05) is 10.9 Å². The molecule has 1 N–H and O–H groups in total. The summed E-state index contributed by atoms with van der Waals surface area (Å²) >= 11 is 1.73. The number of rotatable bonds is 5. The quantitative estimate of drug-likeness (QED) is 0.908. The van der Waals surface area contributed by atoms with Crippen LogP contribution in [0.4, 0.5) is 0 Å². The average Bonchev–Trinajstić information content (AvgIpc) is 3.02. The molecule has 1 unspecified atom stereocenters. The van der Waals surface area contributed by atoms with Crippen LogP contribution < -0.4 is 10.1 Å². The van der Waals surface area contributed by atoms with Crippen LogP contribution in [-0.2, 0) is 13.0 Å². The third-order valence-corrected chi connectivity index (χ3v) is 5.15. The Morgan fingerprint density at radius 3 is 2.95 bits per heavy atom. The standard InChI is InChI=1S/C17H22N2OS/c1-4-18-15-9-8-14-13(15)6-5-7-16(14)20-10-17-19-11(2)12(3)21-17/h5-7,15,18H,4,8-10H2,1-3H3. The first-order valence-electron chi connectivity index (χ1n) is 7.60. The molecule has 3 rings (SSSR count). The van der Waals surface area contributed by atoms with Crippen molar-refractivity contribution in [1.29, 1.82) is 0 Å². The smallest absolute Gasteiger partial charge is 0.140 e. The lowest BCUT2D eigenvalue weighted by Crippen LogP contribution is -2.18. The molecular formula is C17H22N2OS. The van der Waals surface area contributed by atoms with Crippen molar-refractivity contribution in [3.05, 3.63) is 44.9 Å². The molecule has 1 aliphatic rings. The van der Waals surface area contributed by atoms with Crippen LogP contribution in [0, 0.1) is 13.8 Å². The summed E-state index contributed by atoms with van der Waals surface area (Å²) in [5.41, 5.74) is 3.89. The molecular weight excluding hydrogens is 280 g/mol. The van der Waals surface area contributed by atoms with Gasteiger partial charge in [-0.3, -0.25) is 0 Å². The number of benzene rings is 1. The highest BCUT2D eigenvalue weighted by molar-refractivity contribution is 7.11. The van der Waals surface area contributed by atoms with Crippen molar-refractivity contribution < 1.29 is 4.74 Å². The van der Waals surface area contributed by atoms with Gasteiger partial charge in [-0.15, -0.1) is 11.3 Å². The summed E-state index contributed by atoms with van der Waals surface area (Å²) in [5.74, 6) is 1.03. The Bertz CT molecular complexity index is 616. The molecule has 4 heteroatoms. The first-order valence-corrected chi connectivity index (χ1v) is 8.41. The molecule has 1 aliphatic carbocycles. The van der Waals surface area contributed by atoms with E-state index in [1.54, 1.807) is 11.3 Å². The molecule has 1 atom stereocenters. The van der Waals surface area contributed by atoms with Gasteiger partial charge in [0.1, 0.15) is 17.4 Å². The Kier molecular flexibility index (Phi) is 4.27. The fourth-order valence-electron chi connectivity index (χ4n) is 2.95. The predicted octanol–water partition coefficient (Wildman–Crippen LogP) is 3.94. The number of hydrogen-bond acceptors (Lipinski definition) is 4. The third kappa shape index (κ3) is 2.97. The highest BCUT2D eigenvalue weighted by Gasteiger charge is 2.24. The number of fused-ring (bicyclic) bond motifs is 1. The van der Waals surface area contributed by atoms with Crippen LogP contribution in [0.2, 0.25) is 0 Å². The van der Waals surface area contributed by atoms with E-state index in [1.807, 2.05) is 0 Å². The van der Waals surface area contributed by atoms with Crippen molar-refractivity contribution in [2.24, 2.45) is 0 Å². The van der Waals surface area contributed by atoms with E-state index in [1.165, 1.54) is 22.4 Å². The molecule has 0 saturated carbocycles. The molecule has 2 aromatic rings. The molecule has 21 heavy (non-hydrogen) atoms. The molecule has 0 saturated heterocycles. The third-order valence-electron chi connectivity index (χ3n) is 4.10. The van der Waals surface area contributed by atoms with Crippen LogP contribution >= 0.6 is 11.3 Å². The number of thiazole rings is 1. The average molecular weight is 302 g/mol. The van der Waals surface area contributed by atoms with Crippen LogP contribution in [0.25, 0.3) is 0 Å². The van der Waals surface area contributed by atoms with Crippen molar-refractivity contribution in [1.82, 2.24) is 10.3 Å². The number of aryl methyl sites for hydroxylation is 2. The zero-order valence-corrected chi connectivity index (χ0v) is 13.7. The zero-order chi connectivity index (χ0) is 14.8. The van der Waals surface area contributed by atoms with Crippen LogP contribution in [0.1, 0.15) is 46.1 Å². The minimum Gasteiger partial charge on any atom is -0.486 e. The zero-order valence-electron chi connectivity index (χ0n) is 12.9. The van der Waals surface area contributed by atoms with E-state index in [0.29, 0.717) is 12.6 Å². The van der Waals surface area contributed by atoms with Gasteiger partial charge in [0.05, 0.1) is 5.69 Å². The minimum atomic E-state index is 0.484. The van der Waals surface area contributed by atoms with Gasteiger partial charge >= 0.3 is 0 Å². The van der Waals surface area contributed by atoms with Crippen LogP contribution in [-0.4, -0.2) is 11.5 Å². The van der Waals surface area contributed by atoms with Crippen LogP contribution in [0.15, 0.2) is 18.2 Å². The molecule has 0 fully saturated rings. The van der Waals surface area contributed by atoms with E-state index in [9.17, 15) is 0 Å². The fourth-order valence-corrected chi connectivity index (χ4v) is 3.80. The summed E-state index contributed by atoms with van der Waals surface area (Å²) in [6, 6.07) is 6.89. The second-order valence-corrected chi connectivity index (χ2v) is 6.80. The highest BCUT2D eigenvalue weighted by Crippen LogP contribution is 2.37. The Balaban J connectivity index is 1.75. The molecule has 1 aromatic heterocycles. The summed E-state index contributed by atoms with van der Waals surface area (Å²) < 4.78 is 6.05. The van der Waals surface area contributed by atoms with E-state index in [0.717, 1.165) is 29.4 Å². The number of nitrogens with one attached hydrogen (secondary N) is 1. The Morgan fingerprint density at radius 2 is 2.24 bits per heavy atom. The summed E-state index contributed by atoms with van der Waals surface area (Å²) in [5, 5.41) is 4.61. The summed E-state index contributed by atoms with van der Waals surface area (Å²) in [6.07, 6.45) is 2.26. The first-order chi connectivity index (χ1) is 10.2. The second-order valence-electron chi connectivity index (χ2n) is 5.51. The number of hydrogen-bond donors (Lipinski definition) is 1. The molecule has 0 bridgehead atoms. The molecule has 3 nitrogen and oxygen atoms in total. The van der Waals surface area contributed by atoms with E-state index in [2.05, 4.69) is 49.3 Å². The lowest BCUT2D eigenvalue weighted by molar-refractivity contribution is 0.302. The SMILES string of the molecule is CCNC1CCc2c(OCc3nc(C)c(C)s3)cccc21. The van der Waals surface area contributed by atoms with Gasteiger partial charge in [0.2, 0.25) is 0 Å². The predicted molar refractivity (Wildman–Crippen MR) is 87.1 cm³/mol. The van der Waals surface area contributed by atoms with Gasteiger partial charge in [-0.1, -0.05) is 19.1 Å². The fraction of sp³-hybridized carbons (Fsp3) is 0.471. The van der Waals surface area contributed by atoms with Crippen molar-refractivity contribution >= 4 is 11.3 Å². The maximum atomic E-state index is 6.05. The van der Waals surface area contributed by atoms with Gasteiger partial charge < -0.3 is 10.1 Å². The molecule has 1 aromatic carbocycles. The Hall–Kier alpha value is -1.39. The number of nitrogens with zero attached hydrogens (tertiary/aromatic N) is 1. The van der Waals surface area contributed by atoms with Gasteiger partial charge in [0.25, 0.3) is 0 Å². The van der Waals surface area contributed by atoms with Crippen LogP contribution in [0.3, 0.4) is 0 Å². The molecule has 112 valence electrons. The normalized spacial score (nSPS) is 17.0. The molecule has 0 radical (unpaired) electrons. The maximum absolute atomic E-state index is 6.05. The first kappa shape index (κ1) is 14.5. The van der Waals surface area contributed by atoms with Crippen molar-refractivity contribution in [2.45, 2.75) is 46.3 Å². The molecule has 0 aliphatic heterocycles. The Morgan fingerprint density at radius 1 is 1.38 bits per heavy atom. The van der Waals surface area contributed by atoms with E-state index in [4.69, 9.17) is 4.74 Å². The number of ether oxygens (including phenoxy) is 1. The van der Waals surface area contributed by atoms with Gasteiger partial charge in [-0.05, 0) is 50.4 Å². The summed E-state index contributed by atoms with van der Waals surface area (Å²) in [4.78, 5) is 5.82. The maximum Gasteiger partial charge on any atom is 0.140 e. The largest absolute Gasteiger partial charge is 0.486 e. The molecule has 1 heterocycles.